The van der Waals surface area contributed by atoms with Crippen LogP contribution in [0.1, 0.15) is 53.9 Å². The Morgan fingerprint density at radius 3 is 2.33 bits per heavy atom. The lowest BCUT2D eigenvalue weighted by Crippen LogP contribution is -2.02. The van der Waals surface area contributed by atoms with Gasteiger partial charge in [-0.05, 0) is 68.0 Å². The Labute approximate surface area is 144 Å². The third-order valence-corrected chi connectivity index (χ3v) is 4.04. The minimum atomic E-state index is -0.698. The van der Waals surface area contributed by atoms with Gasteiger partial charge in [0, 0.05) is 0 Å². The normalized spacial score (nSPS) is 14.7. The van der Waals surface area contributed by atoms with Crippen LogP contribution in [0.2, 0.25) is 0 Å². The summed E-state index contributed by atoms with van der Waals surface area (Å²) in [5.74, 6) is -0.854. The molecule has 0 aliphatic heterocycles. The molecule has 0 amide bonds. The van der Waals surface area contributed by atoms with Crippen LogP contribution >= 0.6 is 0 Å². The lowest BCUT2D eigenvalue weighted by molar-refractivity contribution is 0.379. The summed E-state index contributed by atoms with van der Waals surface area (Å²) in [6.07, 6.45) is 8.57. The van der Waals surface area contributed by atoms with E-state index < -0.39 is 11.6 Å². The highest BCUT2D eigenvalue weighted by molar-refractivity contribution is 5.37. The first-order chi connectivity index (χ1) is 11.4. The molecule has 132 valence electrons. The molecule has 0 spiro atoms. The topological polar surface area (TPSA) is 9.23 Å². The largest absolute Gasteiger partial charge is 0.452 e. The monoisotopic (exact) mass is 334 g/mol. The van der Waals surface area contributed by atoms with Crippen molar-refractivity contribution in [1.82, 2.24) is 0 Å². The van der Waals surface area contributed by atoms with E-state index in [9.17, 15) is 8.78 Å². The van der Waals surface area contributed by atoms with Crippen molar-refractivity contribution < 1.29 is 13.5 Å². The Bertz CT molecular complexity index is 606. The summed E-state index contributed by atoms with van der Waals surface area (Å²) in [5.41, 5.74) is 2.27. The fourth-order valence-corrected chi connectivity index (χ4v) is 2.53. The highest BCUT2D eigenvalue weighted by Gasteiger charge is 2.13. The molecule has 0 aromatic heterocycles. The summed E-state index contributed by atoms with van der Waals surface area (Å²) in [4.78, 5) is 0. The van der Waals surface area contributed by atoms with Gasteiger partial charge in [-0.3, -0.25) is 0 Å². The lowest BCUT2D eigenvalue weighted by Gasteiger charge is -2.16. The van der Waals surface area contributed by atoms with Crippen LogP contribution in [0.25, 0.3) is 0 Å². The molecule has 0 heterocycles. The summed E-state index contributed by atoms with van der Waals surface area (Å²) in [6, 6.07) is 3.72. The zero-order valence-corrected chi connectivity index (χ0v) is 15.3. The fraction of sp³-hybridized carbons (Fsp3) is 0.429. The molecule has 0 aliphatic carbocycles. The second-order valence-electron chi connectivity index (χ2n) is 5.93. The molecule has 1 aromatic carbocycles. The van der Waals surface area contributed by atoms with E-state index in [1.807, 2.05) is 32.9 Å². The third kappa shape index (κ3) is 5.63. The van der Waals surface area contributed by atoms with Crippen LogP contribution in [0.4, 0.5) is 8.78 Å². The number of allylic oxidation sites excluding steroid dienone is 5. The van der Waals surface area contributed by atoms with Gasteiger partial charge in [0.15, 0.2) is 17.4 Å². The maximum Gasteiger partial charge on any atom is 0.198 e. The van der Waals surface area contributed by atoms with Gasteiger partial charge in [0.1, 0.15) is 5.76 Å². The molecule has 24 heavy (non-hydrogen) atoms. The summed E-state index contributed by atoms with van der Waals surface area (Å²) >= 11 is 0. The van der Waals surface area contributed by atoms with E-state index in [-0.39, 0.29) is 5.75 Å². The molecule has 0 radical (unpaired) electrons. The van der Waals surface area contributed by atoms with Crippen molar-refractivity contribution in [3.05, 3.63) is 65.0 Å². The number of para-hydroxylation sites is 1. The van der Waals surface area contributed by atoms with Crippen LogP contribution < -0.4 is 4.74 Å². The third-order valence-electron chi connectivity index (χ3n) is 4.04. The Morgan fingerprint density at radius 2 is 1.83 bits per heavy atom. The van der Waals surface area contributed by atoms with Crippen molar-refractivity contribution in [2.45, 2.75) is 53.9 Å². The van der Waals surface area contributed by atoms with E-state index in [1.54, 1.807) is 0 Å². The summed E-state index contributed by atoms with van der Waals surface area (Å²) < 4.78 is 33.3. The van der Waals surface area contributed by atoms with Gasteiger partial charge in [0.05, 0.1) is 0 Å². The van der Waals surface area contributed by atoms with Crippen LogP contribution in [0, 0.1) is 17.6 Å². The van der Waals surface area contributed by atoms with Crippen LogP contribution in [-0.4, -0.2) is 0 Å². The number of ether oxygens (including phenoxy) is 1. The summed E-state index contributed by atoms with van der Waals surface area (Å²) in [7, 11) is 0. The molecule has 1 aromatic rings. The van der Waals surface area contributed by atoms with Gasteiger partial charge in [-0.15, -0.1) is 0 Å². The molecule has 0 aliphatic rings. The van der Waals surface area contributed by atoms with Crippen molar-refractivity contribution >= 4 is 0 Å². The number of hydrogen-bond acceptors (Lipinski definition) is 1. The van der Waals surface area contributed by atoms with Gasteiger partial charge in [0.2, 0.25) is 0 Å². The van der Waals surface area contributed by atoms with Gasteiger partial charge in [-0.25, -0.2) is 8.78 Å². The predicted octanol–water partition coefficient (Wildman–Crippen LogP) is 6.97. The van der Waals surface area contributed by atoms with E-state index in [4.69, 9.17) is 4.74 Å². The van der Waals surface area contributed by atoms with Gasteiger partial charge in [0.25, 0.3) is 0 Å². The Balaban J connectivity index is 3.17. The van der Waals surface area contributed by atoms with E-state index in [1.165, 1.54) is 23.8 Å². The molecule has 0 bridgehead atoms. The van der Waals surface area contributed by atoms with Crippen LogP contribution in [-0.2, 0) is 0 Å². The molecule has 1 atom stereocenters. The molecule has 0 saturated heterocycles. The number of halogens is 2. The average Bonchev–Trinajstić information content (AvgIpc) is 2.56. The zero-order chi connectivity index (χ0) is 18.1. The highest BCUT2D eigenvalue weighted by Crippen LogP contribution is 2.27. The van der Waals surface area contributed by atoms with Crippen molar-refractivity contribution in [1.29, 1.82) is 0 Å². The maximum atomic E-state index is 13.9. The first kappa shape index (κ1) is 20.1. The van der Waals surface area contributed by atoms with E-state index in [0.717, 1.165) is 24.8 Å². The lowest BCUT2D eigenvalue weighted by atomic mass is 9.92. The molecule has 1 nitrogen and oxygen atoms in total. The highest BCUT2D eigenvalue weighted by atomic mass is 19.1. The van der Waals surface area contributed by atoms with Gasteiger partial charge < -0.3 is 4.74 Å². The molecule has 1 rings (SSSR count). The Kier molecular flexibility index (Phi) is 8.45. The number of unbranched alkanes of at least 4 members (excludes halogenated alkanes) is 1. The maximum absolute atomic E-state index is 13.9. The second kappa shape index (κ2) is 10.1. The summed E-state index contributed by atoms with van der Waals surface area (Å²) in [5, 5.41) is 0. The van der Waals surface area contributed by atoms with Crippen LogP contribution in [0.5, 0.6) is 5.75 Å². The second-order valence-corrected chi connectivity index (χ2v) is 5.93. The average molecular weight is 334 g/mol. The quantitative estimate of drug-likeness (QED) is 0.368. The molecule has 1 unspecified atom stereocenters. The van der Waals surface area contributed by atoms with Crippen molar-refractivity contribution in [3.63, 3.8) is 0 Å². The molecular formula is C21H28F2O. The van der Waals surface area contributed by atoms with Crippen molar-refractivity contribution in [2.75, 3.05) is 0 Å². The first-order valence-electron chi connectivity index (χ1n) is 8.61. The number of hydrogen-bond donors (Lipinski definition) is 0. The molecule has 3 heteroatoms. The zero-order valence-electron chi connectivity index (χ0n) is 15.3. The van der Waals surface area contributed by atoms with E-state index in [0.29, 0.717) is 11.7 Å². The molecule has 0 fully saturated rings. The van der Waals surface area contributed by atoms with Gasteiger partial charge in [-0.2, -0.15) is 0 Å². The van der Waals surface area contributed by atoms with Gasteiger partial charge in [-0.1, -0.05) is 39.3 Å². The van der Waals surface area contributed by atoms with Crippen molar-refractivity contribution in [2.24, 2.45) is 5.92 Å². The number of rotatable bonds is 8. The molecule has 0 N–H and O–H groups in total. The van der Waals surface area contributed by atoms with Crippen LogP contribution in [0.3, 0.4) is 0 Å². The van der Waals surface area contributed by atoms with E-state index in [2.05, 4.69) is 19.9 Å². The fourth-order valence-electron chi connectivity index (χ4n) is 2.53. The first-order valence-corrected chi connectivity index (χ1v) is 8.61. The van der Waals surface area contributed by atoms with Gasteiger partial charge >= 0.3 is 0 Å². The Hall–Kier alpha value is -1.90. The smallest absolute Gasteiger partial charge is 0.198 e. The minimum absolute atomic E-state index is 0.352. The minimum Gasteiger partial charge on any atom is -0.452 e. The SMILES string of the molecule is C\C=C(/C(C)=C\C(=C\CCC)Oc1c(F)cccc1F)C(C)CC. The van der Waals surface area contributed by atoms with E-state index >= 15 is 0 Å². The van der Waals surface area contributed by atoms with Crippen molar-refractivity contribution in [3.8, 4) is 5.75 Å². The molecular weight excluding hydrogens is 306 g/mol. The standard InChI is InChI=1S/C21H28F2O/c1-6-9-11-17(14-16(5)18(8-3)15(4)7-2)24-21-19(22)12-10-13-20(21)23/h8,10-15H,6-7,9H2,1-5H3/b16-14-,17-11-,18-8-. The predicted molar refractivity (Wildman–Crippen MR) is 96.9 cm³/mol. The molecule has 0 saturated carbocycles. The number of benzene rings is 1. The summed E-state index contributed by atoms with van der Waals surface area (Å²) in [6.45, 7) is 10.4. The van der Waals surface area contributed by atoms with Crippen LogP contribution in [0.15, 0.2) is 53.3 Å². The Morgan fingerprint density at radius 1 is 1.21 bits per heavy atom.